The first-order valence-electron chi connectivity index (χ1n) is 5.80. The first-order chi connectivity index (χ1) is 8.19. The van der Waals surface area contributed by atoms with Crippen molar-refractivity contribution >= 4 is 0 Å². The van der Waals surface area contributed by atoms with Gasteiger partial charge in [-0.25, -0.2) is 4.39 Å². The van der Waals surface area contributed by atoms with Gasteiger partial charge in [-0.1, -0.05) is 23.8 Å². The molecule has 94 valence electrons. The minimum absolute atomic E-state index is 0.253. The molecule has 0 aromatic heterocycles. The minimum Gasteiger partial charge on any atom is -0.494 e. The lowest BCUT2D eigenvalue weighted by Gasteiger charge is -2.07. The highest BCUT2D eigenvalue weighted by Gasteiger charge is 2.08. The first kappa shape index (κ1) is 13.7. The van der Waals surface area contributed by atoms with Crippen LogP contribution in [-0.4, -0.2) is 20.7 Å². The summed E-state index contributed by atoms with van der Waals surface area (Å²) >= 11 is 0. The van der Waals surface area contributed by atoms with Crippen molar-refractivity contribution in [3.63, 3.8) is 0 Å². The second-order valence-electron chi connectivity index (χ2n) is 4.05. The van der Waals surface area contributed by atoms with Crippen LogP contribution in [0, 0.1) is 5.82 Å². The summed E-state index contributed by atoms with van der Waals surface area (Å²) in [5, 5.41) is 3.08. The van der Waals surface area contributed by atoms with E-state index in [1.54, 1.807) is 12.1 Å². The zero-order valence-electron chi connectivity index (χ0n) is 10.7. The van der Waals surface area contributed by atoms with Crippen LogP contribution in [0.1, 0.15) is 18.9 Å². The van der Waals surface area contributed by atoms with E-state index >= 15 is 0 Å². The lowest BCUT2D eigenvalue weighted by molar-refractivity contribution is 0.384. The Morgan fingerprint density at radius 2 is 2.24 bits per heavy atom. The van der Waals surface area contributed by atoms with E-state index in [0.717, 1.165) is 13.0 Å². The van der Waals surface area contributed by atoms with Gasteiger partial charge < -0.3 is 10.1 Å². The van der Waals surface area contributed by atoms with Crippen molar-refractivity contribution in [2.24, 2.45) is 0 Å². The summed E-state index contributed by atoms with van der Waals surface area (Å²) in [6.45, 7) is 2.96. The zero-order chi connectivity index (χ0) is 12.7. The van der Waals surface area contributed by atoms with Crippen LogP contribution < -0.4 is 10.1 Å². The lowest BCUT2D eigenvalue weighted by atomic mass is 10.0. The molecule has 0 unspecified atom stereocenters. The molecule has 0 bridgehead atoms. The van der Waals surface area contributed by atoms with E-state index in [1.807, 2.05) is 20.0 Å². The summed E-state index contributed by atoms with van der Waals surface area (Å²) < 4.78 is 18.8. The van der Waals surface area contributed by atoms with Crippen LogP contribution in [-0.2, 0) is 6.42 Å². The predicted molar refractivity (Wildman–Crippen MR) is 69.0 cm³/mol. The number of allylic oxidation sites excluding steroid dienone is 1. The predicted octanol–water partition coefficient (Wildman–Crippen LogP) is 2.93. The summed E-state index contributed by atoms with van der Waals surface area (Å²) in [6, 6.07) is 5.25. The van der Waals surface area contributed by atoms with Crippen LogP contribution in [0.2, 0.25) is 0 Å². The topological polar surface area (TPSA) is 21.3 Å². The van der Waals surface area contributed by atoms with Crippen LogP contribution in [0.25, 0.3) is 0 Å². The first-order valence-corrected chi connectivity index (χ1v) is 5.80. The Bertz CT molecular complexity index is 388. The fourth-order valence-corrected chi connectivity index (χ4v) is 1.69. The molecule has 0 heterocycles. The second kappa shape index (κ2) is 7.07. The van der Waals surface area contributed by atoms with E-state index in [-0.39, 0.29) is 5.82 Å². The molecular weight excluding hydrogens is 217 g/mol. The lowest BCUT2D eigenvalue weighted by Crippen LogP contribution is -2.06. The van der Waals surface area contributed by atoms with E-state index in [1.165, 1.54) is 12.7 Å². The molecule has 3 heteroatoms. The molecule has 0 aliphatic rings. The fourth-order valence-electron chi connectivity index (χ4n) is 1.69. The van der Waals surface area contributed by atoms with Gasteiger partial charge in [0.15, 0.2) is 11.6 Å². The molecule has 1 rings (SSSR count). The van der Waals surface area contributed by atoms with Gasteiger partial charge in [0.1, 0.15) is 0 Å². The maximum atomic E-state index is 13.9. The summed E-state index contributed by atoms with van der Waals surface area (Å²) in [7, 11) is 3.41. The van der Waals surface area contributed by atoms with Crippen molar-refractivity contribution in [1.29, 1.82) is 0 Å². The SMILES string of the molecule is CNCC/C=C(/C)Cc1cccc(OC)c1F. The highest BCUT2D eigenvalue weighted by atomic mass is 19.1. The molecule has 1 aromatic carbocycles. The van der Waals surface area contributed by atoms with Crippen LogP contribution in [0.15, 0.2) is 29.8 Å². The van der Waals surface area contributed by atoms with Gasteiger partial charge in [-0.05, 0) is 45.0 Å². The third-order valence-corrected chi connectivity index (χ3v) is 2.62. The van der Waals surface area contributed by atoms with Crippen molar-refractivity contribution in [2.45, 2.75) is 19.8 Å². The van der Waals surface area contributed by atoms with Gasteiger partial charge in [-0.3, -0.25) is 0 Å². The van der Waals surface area contributed by atoms with Gasteiger partial charge in [-0.15, -0.1) is 0 Å². The van der Waals surface area contributed by atoms with E-state index in [2.05, 4.69) is 11.4 Å². The smallest absolute Gasteiger partial charge is 0.168 e. The number of ether oxygens (including phenoxy) is 1. The Morgan fingerprint density at radius 1 is 1.47 bits per heavy atom. The van der Waals surface area contributed by atoms with Crippen molar-refractivity contribution in [3.8, 4) is 5.75 Å². The molecule has 1 aromatic rings. The quantitative estimate of drug-likeness (QED) is 0.606. The van der Waals surface area contributed by atoms with Crippen LogP contribution >= 0.6 is 0 Å². The van der Waals surface area contributed by atoms with Crippen molar-refractivity contribution in [3.05, 3.63) is 41.2 Å². The second-order valence-corrected chi connectivity index (χ2v) is 4.05. The number of halogens is 1. The molecule has 0 spiro atoms. The Hall–Kier alpha value is -1.35. The minimum atomic E-state index is -0.253. The molecule has 0 radical (unpaired) electrons. The summed E-state index contributed by atoms with van der Waals surface area (Å²) in [5.74, 6) is 0.0573. The van der Waals surface area contributed by atoms with Crippen LogP contribution in [0.3, 0.4) is 0 Å². The molecule has 1 N–H and O–H groups in total. The third kappa shape index (κ3) is 4.19. The third-order valence-electron chi connectivity index (χ3n) is 2.62. The standard InChI is InChI=1S/C14H20FNO/c1-11(6-5-9-16-2)10-12-7-4-8-13(17-3)14(12)15/h4,6-8,16H,5,9-10H2,1-3H3/b11-6-. The van der Waals surface area contributed by atoms with Gasteiger partial charge in [-0.2, -0.15) is 0 Å². The fraction of sp³-hybridized carbons (Fsp3) is 0.429. The molecule has 0 aliphatic heterocycles. The van der Waals surface area contributed by atoms with E-state index in [4.69, 9.17) is 4.74 Å². The van der Waals surface area contributed by atoms with Gasteiger partial charge in [0.25, 0.3) is 0 Å². The molecular formula is C14H20FNO. The van der Waals surface area contributed by atoms with E-state index < -0.39 is 0 Å². The molecule has 0 amide bonds. The zero-order valence-corrected chi connectivity index (χ0v) is 10.7. The highest BCUT2D eigenvalue weighted by molar-refractivity contribution is 5.33. The maximum absolute atomic E-state index is 13.9. The average Bonchev–Trinajstić information content (AvgIpc) is 2.32. The summed E-state index contributed by atoms with van der Waals surface area (Å²) in [5.41, 5.74) is 1.86. The normalized spacial score (nSPS) is 11.6. The Balaban J connectivity index is 2.71. The number of hydrogen-bond acceptors (Lipinski definition) is 2. The summed E-state index contributed by atoms with van der Waals surface area (Å²) in [6.07, 6.45) is 3.73. The molecule has 0 atom stereocenters. The van der Waals surface area contributed by atoms with Gasteiger partial charge in [0, 0.05) is 0 Å². The molecule has 0 aliphatic carbocycles. The molecule has 0 fully saturated rings. The Morgan fingerprint density at radius 3 is 2.88 bits per heavy atom. The number of methoxy groups -OCH3 is 1. The number of benzene rings is 1. The molecule has 17 heavy (non-hydrogen) atoms. The van der Waals surface area contributed by atoms with Gasteiger partial charge >= 0.3 is 0 Å². The maximum Gasteiger partial charge on any atom is 0.168 e. The van der Waals surface area contributed by atoms with Crippen LogP contribution in [0.4, 0.5) is 4.39 Å². The Kier molecular flexibility index (Phi) is 5.70. The summed E-state index contributed by atoms with van der Waals surface area (Å²) in [4.78, 5) is 0. The number of rotatable bonds is 6. The van der Waals surface area contributed by atoms with Crippen molar-refractivity contribution in [2.75, 3.05) is 20.7 Å². The number of hydrogen-bond donors (Lipinski definition) is 1. The van der Waals surface area contributed by atoms with Gasteiger partial charge in [0.05, 0.1) is 7.11 Å². The largest absolute Gasteiger partial charge is 0.494 e. The number of nitrogens with one attached hydrogen (secondary N) is 1. The van der Waals surface area contributed by atoms with Crippen LogP contribution in [0.5, 0.6) is 5.75 Å². The van der Waals surface area contributed by atoms with Crippen molar-refractivity contribution in [1.82, 2.24) is 5.32 Å². The highest BCUT2D eigenvalue weighted by Crippen LogP contribution is 2.22. The van der Waals surface area contributed by atoms with Gasteiger partial charge in [0.2, 0.25) is 0 Å². The molecule has 0 saturated heterocycles. The average molecular weight is 237 g/mol. The van der Waals surface area contributed by atoms with Crippen molar-refractivity contribution < 1.29 is 9.13 Å². The Labute approximate surface area is 102 Å². The molecule has 2 nitrogen and oxygen atoms in total. The molecule has 0 saturated carbocycles. The van der Waals surface area contributed by atoms with E-state index in [9.17, 15) is 4.39 Å². The monoisotopic (exact) mass is 237 g/mol. The van der Waals surface area contributed by atoms with E-state index in [0.29, 0.717) is 17.7 Å².